The molecule has 1 aliphatic rings. The molecule has 0 saturated carbocycles. The Kier molecular flexibility index (Phi) is 5.32. The van der Waals surface area contributed by atoms with Crippen molar-refractivity contribution in [2.24, 2.45) is 0 Å². The van der Waals surface area contributed by atoms with Crippen molar-refractivity contribution in [3.8, 4) is 11.5 Å². The fourth-order valence-electron chi connectivity index (χ4n) is 4.70. The molecule has 4 aromatic rings. The Morgan fingerprint density at radius 3 is 2.53 bits per heavy atom. The second kappa shape index (κ2) is 8.33. The molecule has 0 spiro atoms. The highest BCUT2D eigenvalue weighted by Gasteiger charge is 2.43. The summed E-state index contributed by atoms with van der Waals surface area (Å²) < 4.78 is 17.0. The van der Waals surface area contributed by atoms with Gasteiger partial charge in [-0.15, -0.1) is 0 Å². The molecular weight excluding hydrogens is 432 g/mol. The fourth-order valence-corrected chi connectivity index (χ4v) is 4.70. The summed E-state index contributed by atoms with van der Waals surface area (Å²) in [5.41, 5.74) is 3.91. The Bertz CT molecular complexity index is 1480. The minimum Gasteiger partial charge on any atom is -0.493 e. The van der Waals surface area contributed by atoms with E-state index in [1.807, 2.05) is 44.2 Å². The van der Waals surface area contributed by atoms with Crippen molar-refractivity contribution < 1.29 is 18.7 Å². The van der Waals surface area contributed by atoms with Crippen LogP contribution in [0.2, 0.25) is 0 Å². The van der Waals surface area contributed by atoms with Crippen LogP contribution in [0.25, 0.3) is 11.0 Å². The predicted molar refractivity (Wildman–Crippen MR) is 127 cm³/mol. The number of carbonyl (C=O) groups excluding carboxylic acids is 1. The maximum atomic E-state index is 13.8. The van der Waals surface area contributed by atoms with E-state index in [0.717, 1.165) is 22.3 Å². The van der Waals surface area contributed by atoms with E-state index in [4.69, 9.17) is 13.9 Å². The molecule has 1 aliphatic heterocycles. The van der Waals surface area contributed by atoms with E-state index in [1.165, 1.54) is 0 Å². The molecule has 34 heavy (non-hydrogen) atoms. The van der Waals surface area contributed by atoms with E-state index in [2.05, 4.69) is 4.98 Å². The summed E-state index contributed by atoms with van der Waals surface area (Å²) in [5.74, 6) is 0.816. The van der Waals surface area contributed by atoms with Crippen molar-refractivity contribution in [3.05, 3.63) is 98.7 Å². The van der Waals surface area contributed by atoms with E-state index in [1.54, 1.807) is 43.6 Å². The first-order valence-corrected chi connectivity index (χ1v) is 10.9. The number of pyridine rings is 1. The molecule has 0 fully saturated rings. The number of hydrogen-bond acceptors (Lipinski definition) is 6. The number of hydrogen-bond donors (Lipinski definition) is 0. The molecule has 1 atom stereocenters. The highest BCUT2D eigenvalue weighted by atomic mass is 16.5. The summed E-state index contributed by atoms with van der Waals surface area (Å²) in [7, 11) is 3.11. The molecule has 2 aromatic carbocycles. The van der Waals surface area contributed by atoms with E-state index in [0.29, 0.717) is 28.0 Å². The summed E-state index contributed by atoms with van der Waals surface area (Å²) >= 11 is 0. The molecule has 0 radical (unpaired) electrons. The average molecular weight is 456 g/mol. The lowest BCUT2D eigenvalue weighted by Crippen LogP contribution is -2.29. The van der Waals surface area contributed by atoms with Gasteiger partial charge in [0, 0.05) is 18.9 Å². The van der Waals surface area contributed by atoms with Crippen LogP contribution in [0.4, 0.5) is 0 Å². The van der Waals surface area contributed by atoms with Crippen LogP contribution in [-0.4, -0.2) is 30.0 Å². The lowest BCUT2D eigenvalue weighted by molar-refractivity contribution is 0.0714. The molecule has 0 saturated heterocycles. The van der Waals surface area contributed by atoms with E-state index in [-0.39, 0.29) is 23.6 Å². The highest BCUT2D eigenvalue weighted by molar-refractivity contribution is 5.99. The molecule has 172 valence electrons. The first-order valence-electron chi connectivity index (χ1n) is 10.9. The number of fused-ring (bicyclic) bond motifs is 2. The lowest BCUT2D eigenvalue weighted by atomic mass is 9.97. The molecule has 0 N–H and O–H groups in total. The summed E-state index contributed by atoms with van der Waals surface area (Å²) in [6, 6.07) is 12.2. The topological polar surface area (TPSA) is 81.9 Å². The summed E-state index contributed by atoms with van der Waals surface area (Å²) in [6.45, 7) is 4.08. The monoisotopic (exact) mass is 456 g/mol. The molecule has 7 nitrogen and oxygen atoms in total. The lowest BCUT2D eigenvalue weighted by Gasteiger charge is -2.25. The second-order valence-electron chi connectivity index (χ2n) is 8.44. The maximum Gasteiger partial charge on any atom is 0.291 e. The van der Waals surface area contributed by atoms with Gasteiger partial charge in [0.15, 0.2) is 16.9 Å². The van der Waals surface area contributed by atoms with Crippen LogP contribution in [0.15, 0.2) is 64.1 Å². The Morgan fingerprint density at radius 2 is 1.82 bits per heavy atom. The van der Waals surface area contributed by atoms with E-state index in [9.17, 15) is 9.59 Å². The normalized spacial score (nSPS) is 15.0. The van der Waals surface area contributed by atoms with Gasteiger partial charge in [-0.2, -0.15) is 0 Å². The molecule has 5 rings (SSSR count). The van der Waals surface area contributed by atoms with Crippen LogP contribution in [0.1, 0.15) is 44.4 Å². The fraction of sp³-hybridized carbons (Fsp3) is 0.222. The predicted octanol–water partition coefficient (Wildman–Crippen LogP) is 4.57. The summed E-state index contributed by atoms with van der Waals surface area (Å²) in [6.07, 6.45) is 3.39. The van der Waals surface area contributed by atoms with Crippen LogP contribution in [0, 0.1) is 13.8 Å². The van der Waals surface area contributed by atoms with Gasteiger partial charge in [-0.25, -0.2) is 0 Å². The first kappa shape index (κ1) is 21.7. The Balaban J connectivity index is 1.76. The third kappa shape index (κ3) is 3.41. The summed E-state index contributed by atoms with van der Waals surface area (Å²) in [5, 5.41) is 0.470. The van der Waals surface area contributed by atoms with Gasteiger partial charge in [-0.3, -0.25) is 14.6 Å². The van der Waals surface area contributed by atoms with Gasteiger partial charge in [-0.05, 0) is 60.4 Å². The van der Waals surface area contributed by atoms with Crippen molar-refractivity contribution in [3.63, 3.8) is 0 Å². The number of benzene rings is 2. The number of amides is 1. The van der Waals surface area contributed by atoms with Gasteiger partial charge in [0.05, 0.1) is 31.2 Å². The number of methoxy groups -OCH3 is 2. The molecule has 2 aromatic heterocycles. The van der Waals surface area contributed by atoms with Gasteiger partial charge in [0.25, 0.3) is 5.91 Å². The number of carbonyl (C=O) groups is 1. The molecule has 1 amide bonds. The Morgan fingerprint density at radius 1 is 1.03 bits per heavy atom. The van der Waals surface area contributed by atoms with Crippen LogP contribution in [0.5, 0.6) is 11.5 Å². The smallest absolute Gasteiger partial charge is 0.291 e. The number of nitrogens with zero attached hydrogens (tertiary/aromatic N) is 2. The number of ether oxygens (including phenoxy) is 2. The maximum absolute atomic E-state index is 13.8. The zero-order valence-electron chi connectivity index (χ0n) is 19.4. The van der Waals surface area contributed by atoms with Crippen LogP contribution in [0.3, 0.4) is 0 Å². The Hall–Kier alpha value is -4.13. The molecule has 3 heterocycles. The average Bonchev–Trinajstić information content (AvgIpc) is 3.11. The quantitative estimate of drug-likeness (QED) is 0.438. The number of aryl methyl sites for hydroxylation is 2. The zero-order chi connectivity index (χ0) is 24.0. The molecular formula is C27H24N2O5. The van der Waals surface area contributed by atoms with Gasteiger partial charge in [0.1, 0.15) is 5.58 Å². The number of aromatic nitrogens is 1. The SMILES string of the molecule is COc1ccc([C@H]2c3c(oc4c(C)cc(C)cc4c3=O)C(=O)N2Cc2cccnc2)cc1OC. The van der Waals surface area contributed by atoms with E-state index >= 15 is 0 Å². The van der Waals surface area contributed by atoms with Crippen LogP contribution in [-0.2, 0) is 6.54 Å². The largest absolute Gasteiger partial charge is 0.493 e. The van der Waals surface area contributed by atoms with Crippen molar-refractivity contribution >= 4 is 16.9 Å². The van der Waals surface area contributed by atoms with Gasteiger partial charge >= 0.3 is 0 Å². The minimum atomic E-state index is -0.649. The van der Waals surface area contributed by atoms with Gasteiger partial charge in [-0.1, -0.05) is 18.2 Å². The van der Waals surface area contributed by atoms with Crippen molar-refractivity contribution in [1.29, 1.82) is 0 Å². The molecule has 0 unspecified atom stereocenters. The standard InChI is InChI=1S/C27H24N2O5/c1-15-10-16(2)25-19(11-15)24(30)22-23(18-7-8-20(32-3)21(12-18)33-4)29(27(31)26(22)34-25)14-17-6-5-9-28-13-17/h5-13,23H,14H2,1-4H3/t23-/m0/s1. The second-order valence-corrected chi connectivity index (χ2v) is 8.44. The van der Waals surface area contributed by atoms with Crippen LogP contribution < -0.4 is 14.9 Å². The van der Waals surface area contributed by atoms with Crippen LogP contribution >= 0.6 is 0 Å². The van der Waals surface area contributed by atoms with E-state index < -0.39 is 6.04 Å². The van der Waals surface area contributed by atoms with Gasteiger partial charge < -0.3 is 18.8 Å². The third-order valence-electron chi connectivity index (χ3n) is 6.20. The summed E-state index contributed by atoms with van der Waals surface area (Å²) in [4.78, 5) is 33.3. The van der Waals surface area contributed by atoms with Crippen molar-refractivity contribution in [1.82, 2.24) is 9.88 Å². The van der Waals surface area contributed by atoms with Crippen molar-refractivity contribution in [2.75, 3.05) is 14.2 Å². The Labute approximate surface area is 196 Å². The zero-order valence-corrected chi connectivity index (χ0v) is 19.4. The highest BCUT2D eigenvalue weighted by Crippen LogP contribution is 2.42. The minimum absolute atomic E-state index is 0.0770. The third-order valence-corrected chi connectivity index (χ3v) is 6.20. The molecule has 0 aliphatic carbocycles. The first-order chi connectivity index (χ1) is 16.4. The van der Waals surface area contributed by atoms with Crippen molar-refractivity contribution in [2.45, 2.75) is 26.4 Å². The molecule has 0 bridgehead atoms. The number of rotatable bonds is 5. The molecule has 7 heteroatoms. The van der Waals surface area contributed by atoms with Gasteiger partial charge in [0.2, 0.25) is 5.76 Å².